The van der Waals surface area contributed by atoms with Crippen molar-refractivity contribution in [2.75, 3.05) is 0 Å². The lowest BCUT2D eigenvalue weighted by Gasteiger charge is -2.02. The molecular formula is C14H17ClN2. The molecule has 0 aliphatic heterocycles. The predicted molar refractivity (Wildman–Crippen MR) is 71.2 cm³/mol. The summed E-state index contributed by atoms with van der Waals surface area (Å²) in [5.74, 6) is 0.546. The Kier molecular flexibility index (Phi) is 4.63. The van der Waals surface area contributed by atoms with Crippen LogP contribution >= 0.6 is 11.6 Å². The Balaban J connectivity index is 1.69. The van der Waals surface area contributed by atoms with Gasteiger partial charge in [-0.3, -0.25) is 4.68 Å². The van der Waals surface area contributed by atoms with E-state index < -0.39 is 0 Å². The molecule has 0 amide bonds. The maximum absolute atomic E-state index is 5.73. The molecular weight excluding hydrogens is 232 g/mol. The van der Waals surface area contributed by atoms with Crippen LogP contribution in [0.2, 0.25) is 0 Å². The molecule has 1 aromatic carbocycles. The molecule has 1 aromatic heterocycles. The summed E-state index contributed by atoms with van der Waals surface area (Å²) in [7, 11) is 0. The van der Waals surface area contributed by atoms with Crippen LogP contribution in [0.15, 0.2) is 42.7 Å². The zero-order chi connectivity index (χ0) is 11.9. The van der Waals surface area contributed by atoms with E-state index in [0.29, 0.717) is 5.88 Å². The predicted octanol–water partition coefficient (Wildman–Crippen LogP) is 3.64. The smallest absolute Gasteiger partial charge is 0.0533 e. The molecule has 0 aliphatic carbocycles. The number of alkyl halides is 1. The summed E-state index contributed by atoms with van der Waals surface area (Å²) < 4.78 is 1.97. The molecule has 2 rings (SSSR count). The molecule has 2 nitrogen and oxygen atoms in total. The second-order valence-electron chi connectivity index (χ2n) is 4.19. The van der Waals surface area contributed by atoms with Crippen LogP contribution in [0.3, 0.4) is 0 Å². The molecule has 90 valence electrons. The van der Waals surface area contributed by atoms with Crippen molar-refractivity contribution in [3.8, 4) is 0 Å². The van der Waals surface area contributed by atoms with E-state index in [1.54, 1.807) is 0 Å². The van der Waals surface area contributed by atoms with E-state index >= 15 is 0 Å². The van der Waals surface area contributed by atoms with Crippen molar-refractivity contribution < 1.29 is 0 Å². The number of benzene rings is 1. The minimum absolute atomic E-state index is 0.546. The van der Waals surface area contributed by atoms with Gasteiger partial charge < -0.3 is 0 Å². The van der Waals surface area contributed by atoms with Gasteiger partial charge in [0.25, 0.3) is 0 Å². The highest BCUT2D eigenvalue weighted by atomic mass is 35.5. The van der Waals surface area contributed by atoms with Gasteiger partial charge in [0.05, 0.1) is 12.1 Å². The standard InChI is InChI=1S/C14H17ClN2/c15-10-14-11-16-17(12-14)9-5-4-8-13-6-2-1-3-7-13/h1-3,6-7,11-12H,4-5,8-10H2. The van der Waals surface area contributed by atoms with Crippen molar-refractivity contribution in [3.05, 3.63) is 53.9 Å². The van der Waals surface area contributed by atoms with Crippen LogP contribution in [0.1, 0.15) is 24.0 Å². The van der Waals surface area contributed by atoms with Gasteiger partial charge in [0.15, 0.2) is 0 Å². The minimum atomic E-state index is 0.546. The number of hydrogen-bond donors (Lipinski definition) is 0. The Morgan fingerprint density at radius 3 is 2.59 bits per heavy atom. The van der Waals surface area contributed by atoms with Gasteiger partial charge in [0.1, 0.15) is 0 Å². The lowest BCUT2D eigenvalue weighted by atomic mass is 10.1. The fourth-order valence-corrected chi connectivity index (χ4v) is 1.98. The molecule has 17 heavy (non-hydrogen) atoms. The van der Waals surface area contributed by atoms with E-state index in [9.17, 15) is 0 Å². The minimum Gasteiger partial charge on any atom is -0.272 e. The first-order chi connectivity index (χ1) is 8.38. The number of rotatable bonds is 6. The van der Waals surface area contributed by atoms with Gasteiger partial charge >= 0.3 is 0 Å². The van der Waals surface area contributed by atoms with Crippen LogP contribution in [0, 0.1) is 0 Å². The zero-order valence-electron chi connectivity index (χ0n) is 9.85. The number of unbranched alkanes of at least 4 members (excludes halogenated alkanes) is 1. The fourth-order valence-electron chi connectivity index (χ4n) is 1.85. The summed E-state index contributed by atoms with van der Waals surface area (Å²) in [4.78, 5) is 0. The van der Waals surface area contributed by atoms with E-state index in [0.717, 1.165) is 24.9 Å². The largest absolute Gasteiger partial charge is 0.272 e. The van der Waals surface area contributed by atoms with Gasteiger partial charge in [-0.2, -0.15) is 5.10 Å². The highest BCUT2D eigenvalue weighted by Crippen LogP contribution is 2.07. The molecule has 0 radical (unpaired) electrons. The third-order valence-corrected chi connectivity index (χ3v) is 3.10. The van der Waals surface area contributed by atoms with Gasteiger partial charge in [-0.25, -0.2) is 0 Å². The second kappa shape index (κ2) is 6.45. The van der Waals surface area contributed by atoms with Crippen LogP contribution in [0.4, 0.5) is 0 Å². The maximum Gasteiger partial charge on any atom is 0.0533 e. The number of hydrogen-bond acceptors (Lipinski definition) is 1. The molecule has 3 heteroatoms. The third kappa shape index (κ3) is 3.90. The van der Waals surface area contributed by atoms with Crippen LogP contribution < -0.4 is 0 Å². The first kappa shape index (κ1) is 12.2. The second-order valence-corrected chi connectivity index (χ2v) is 4.46. The molecule has 0 aliphatic rings. The van der Waals surface area contributed by atoms with Crippen LogP contribution in [-0.2, 0) is 18.8 Å². The maximum atomic E-state index is 5.73. The number of aryl methyl sites for hydroxylation is 2. The van der Waals surface area contributed by atoms with Gasteiger partial charge in [-0.05, 0) is 24.8 Å². The molecule has 0 N–H and O–H groups in total. The van der Waals surface area contributed by atoms with Crippen molar-refractivity contribution in [1.29, 1.82) is 0 Å². The van der Waals surface area contributed by atoms with Crippen molar-refractivity contribution in [3.63, 3.8) is 0 Å². The fraction of sp³-hybridized carbons (Fsp3) is 0.357. The molecule has 0 bridgehead atoms. The first-order valence-electron chi connectivity index (χ1n) is 6.00. The van der Waals surface area contributed by atoms with Crippen molar-refractivity contribution in [1.82, 2.24) is 9.78 Å². The summed E-state index contributed by atoms with van der Waals surface area (Å²) in [6.45, 7) is 0.976. The number of halogens is 1. The number of nitrogens with zero attached hydrogens (tertiary/aromatic N) is 2. The zero-order valence-corrected chi connectivity index (χ0v) is 10.6. The van der Waals surface area contributed by atoms with Crippen LogP contribution in [0.25, 0.3) is 0 Å². The molecule has 0 atom stereocenters. The molecule has 0 saturated carbocycles. The van der Waals surface area contributed by atoms with E-state index in [-0.39, 0.29) is 0 Å². The van der Waals surface area contributed by atoms with Crippen LogP contribution in [0.5, 0.6) is 0 Å². The Hall–Kier alpha value is -1.28. The van der Waals surface area contributed by atoms with Crippen molar-refractivity contribution in [2.45, 2.75) is 31.7 Å². The summed E-state index contributed by atoms with van der Waals surface area (Å²) >= 11 is 5.73. The van der Waals surface area contributed by atoms with E-state index in [1.807, 2.05) is 17.1 Å². The van der Waals surface area contributed by atoms with Gasteiger partial charge in [0, 0.05) is 18.3 Å². The summed E-state index contributed by atoms with van der Waals surface area (Å²) in [6, 6.07) is 10.6. The average Bonchev–Trinajstić information content (AvgIpc) is 2.84. The molecule has 0 spiro atoms. The molecule has 0 saturated heterocycles. The SMILES string of the molecule is ClCc1cnn(CCCCc2ccccc2)c1. The lowest BCUT2D eigenvalue weighted by Crippen LogP contribution is -1.98. The Morgan fingerprint density at radius 2 is 1.88 bits per heavy atom. The van der Waals surface area contributed by atoms with E-state index in [2.05, 4.69) is 35.4 Å². The average molecular weight is 249 g/mol. The molecule has 0 fully saturated rings. The Morgan fingerprint density at radius 1 is 1.06 bits per heavy atom. The molecule has 0 unspecified atom stereocenters. The monoisotopic (exact) mass is 248 g/mol. The Labute approximate surface area is 107 Å². The number of aromatic nitrogens is 2. The van der Waals surface area contributed by atoms with Crippen LogP contribution in [-0.4, -0.2) is 9.78 Å². The topological polar surface area (TPSA) is 17.8 Å². The lowest BCUT2D eigenvalue weighted by molar-refractivity contribution is 0.557. The van der Waals surface area contributed by atoms with Crippen molar-refractivity contribution in [2.24, 2.45) is 0 Å². The van der Waals surface area contributed by atoms with Gasteiger partial charge in [-0.1, -0.05) is 30.3 Å². The highest BCUT2D eigenvalue weighted by Gasteiger charge is 1.97. The van der Waals surface area contributed by atoms with E-state index in [1.165, 1.54) is 12.0 Å². The summed E-state index contributed by atoms with van der Waals surface area (Å²) in [6.07, 6.45) is 7.35. The molecule has 1 heterocycles. The molecule has 2 aromatic rings. The normalized spacial score (nSPS) is 10.6. The van der Waals surface area contributed by atoms with E-state index in [4.69, 9.17) is 11.6 Å². The quantitative estimate of drug-likeness (QED) is 0.564. The summed E-state index contributed by atoms with van der Waals surface area (Å²) in [5, 5.41) is 4.26. The van der Waals surface area contributed by atoms with Crippen molar-refractivity contribution >= 4 is 11.6 Å². The van der Waals surface area contributed by atoms with Gasteiger partial charge in [-0.15, -0.1) is 11.6 Å². The summed E-state index contributed by atoms with van der Waals surface area (Å²) in [5.41, 5.74) is 2.50. The van der Waals surface area contributed by atoms with Gasteiger partial charge in [0.2, 0.25) is 0 Å². The third-order valence-electron chi connectivity index (χ3n) is 2.79. The Bertz CT molecular complexity index is 436. The highest BCUT2D eigenvalue weighted by molar-refractivity contribution is 6.17. The first-order valence-corrected chi connectivity index (χ1v) is 6.53.